The quantitative estimate of drug-likeness (QED) is 0.577. The lowest BCUT2D eigenvalue weighted by atomic mass is 10.2. The molecule has 1 heterocycles. The Hall–Kier alpha value is -1.81. The third-order valence-electron chi connectivity index (χ3n) is 1.91. The summed E-state index contributed by atoms with van der Waals surface area (Å²) in [6.45, 7) is -0.116. The molecule has 0 bridgehead atoms. The van der Waals surface area contributed by atoms with Gasteiger partial charge in [-0.25, -0.2) is 4.79 Å². The minimum Gasteiger partial charge on any atom is -0.464 e. The monoisotopic (exact) mass is 191 g/mol. The van der Waals surface area contributed by atoms with E-state index in [1.165, 1.54) is 0 Å². The molecule has 1 aromatic heterocycles. The number of carbonyl (C=O) groups is 1. The summed E-state index contributed by atoms with van der Waals surface area (Å²) >= 11 is 0. The van der Waals surface area contributed by atoms with Crippen LogP contribution in [0.15, 0.2) is 34.9 Å². The molecule has 0 spiro atoms. The first-order valence-electron chi connectivity index (χ1n) is 4.16. The number of carbonyl (C=O) groups excluding carboxylic acids is 1. The zero-order chi connectivity index (χ0) is 9.97. The minimum atomic E-state index is -0.439. The van der Waals surface area contributed by atoms with Gasteiger partial charge in [-0.2, -0.15) is 0 Å². The Morgan fingerprint density at radius 3 is 3.07 bits per heavy atom. The van der Waals surface area contributed by atoms with E-state index in [0.717, 1.165) is 5.39 Å². The van der Waals surface area contributed by atoms with E-state index in [4.69, 9.17) is 10.2 Å². The number of fused-ring (bicyclic) bond motifs is 1. The van der Waals surface area contributed by atoms with Crippen LogP contribution in [0.4, 0.5) is 0 Å². The van der Waals surface area contributed by atoms with Gasteiger partial charge in [0.2, 0.25) is 0 Å². The Morgan fingerprint density at radius 1 is 1.43 bits per heavy atom. The first-order chi connectivity index (χ1) is 6.81. The number of nitrogens with two attached hydrogens (primary N) is 1. The Balaban J connectivity index is 2.38. The van der Waals surface area contributed by atoms with Gasteiger partial charge in [0.15, 0.2) is 0 Å². The number of furan rings is 1. The molecule has 4 nitrogen and oxygen atoms in total. The van der Waals surface area contributed by atoms with E-state index >= 15 is 0 Å². The first kappa shape index (κ1) is 8.77. The zero-order valence-corrected chi connectivity index (χ0v) is 7.40. The summed E-state index contributed by atoms with van der Waals surface area (Å²) < 4.78 is 9.80. The van der Waals surface area contributed by atoms with Gasteiger partial charge in [0.05, 0.1) is 11.8 Å². The van der Waals surface area contributed by atoms with Crippen molar-refractivity contribution in [3.8, 4) is 0 Å². The molecule has 0 amide bonds. The molecule has 0 atom stereocenters. The Bertz CT molecular complexity index is 461. The van der Waals surface area contributed by atoms with Crippen molar-refractivity contribution < 1.29 is 13.9 Å². The van der Waals surface area contributed by atoms with Gasteiger partial charge in [0.1, 0.15) is 12.3 Å². The maximum Gasteiger partial charge on any atom is 0.339 e. The molecule has 0 saturated heterocycles. The zero-order valence-electron chi connectivity index (χ0n) is 7.40. The van der Waals surface area contributed by atoms with Gasteiger partial charge in [-0.05, 0) is 18.2 Å². The van der Waals surface area contributed by atoms with E-state index in [0.29, 0.717) is 11.1 Å². The van der Waals surface area contributed by atoms with Crippen molar-refractivity contribution >= 4 is 16.9 Å². The van der Waals surface area contributed by atoms with Crippen LogP contribution < -0.4 is 5.73 Å². The van der Waals surface area contributed by atoms with Crippen molar-refractivity contribution in [2.45, 2.75) is 0 Å². The second-order valence-corrected chi connectivity index (χ2v) is 2.77. The Kier molecular flexibility index (Phi) is 2.20. The lowest BCUT2D eigenvalue weighted by molar-refractivity contribution is 0.0515. The predicted molar refractivity (Wildman–Crippen MR) is 50.7 cm³/mol. The lowest BCUT2D eigenvalue weighted by Crippen LogP contribution is -2.11. The van der Waals surface area contributed by atoms with Crippen LogP contribution in [-0.2, 0) is 4.74 Å². The van der Waals surface area contributed by atoms with Gasteiger partial charge in [-0.1, -0.05) is 6.07 Å². The van der Waals surface area contributed by atoms with Crippen molar-refractivity contribution in [3.05, 3.63) is 36.1 Å². The molecule has 4 heteroatoms. The van der Waals surface area contributed by atoms with Crippen LogP contribution in [-0.4, -0.2) is 12.7 Å². The normalized spacial score (nSPS) is 10.4. The van der Waals surface area contributed by atoms with Gasteiger partial charge in [-0.15, -0.1) is 0 Å². The number of hydrogen-bond donors (Lipinski definition) is 1. The highest BCUT2D eigenvalue weighted by atomic mass is 16.5. The fraction of sp³-hybridized carbons (Fsp3) is 0.100. The van der Waals surface area contributed by atoms with E-state index in [9.17, 15) is 4.79 Å². The van der Waals surface area contributed by atoms with Gasteiger partial charge in [0, 0.05) is 5.39 Å². The van der Waals surface area contributed by atoms with Gasteiger partial charge < -0.3 is 9.15 Å². The van der Waals surface area contributed by atoms with Crippen LogP contribution in [0.3, 0.4) is 0 Å². The van der Waals surface area contributed by atoms with E-state index in [1.807, 2.05) is 6.07 Å². The number of ether oxygens (including phenoxy) is 1. The largest absolute Gasteiger partial charge is 0.464 e. The van der Waals surface area contributed by atoms with E-state index in [1.54, 1.807) is 24.5 Å². The van der Waals surface area contributed by atoms with Crippen molar-refractivity contribution in [1.82, 2.24) is 0 Å². The van der Waals surface area contributed by atoms with Gasteiger partial charge >= 0.3 is 5.97 Å². The molecular weight excluding hydrogens is 182 g/mol. The highest BCUT2D eigenvalue weighted by Gasteiger charge is 2.07. The lowest BCUT2D eigenvalue weighted by Gasteiger charge is -2.00. The molecule has 0 aliphatic heterocycles. The average Bonchev–Trinajstić information content (AvgIpc) is 2.64. The average molecular weight is 191 g/mol. The number of esters is 1. The molecule has 72 valence electrons. The SMILES string of the molecule is NCOC(=O)c1ccc2ccoc2c1. The highest BCUT2D eigenvalue weighted by molar-refractivity contribution is 5.93. The molecule has 0 fully saturated rings. The first-order valence-corrected chi connectivity index (χ1v) is 4.16. The second-order valence-electron chi connectivity index (χ2n) is 2.77. The fourth-order valence-electron chi connectivity index (χ4n) is 1.24. The molecule has 2 N–H and O–H groups in total. The van der Waals surface area contributed by atoms with Crippen LogP contribution in [0.1, 0.15) is 10.4 Å². The van der Waals surface area contributed by atoms with Gasteiger partial charge in [0.25, 0.3) is 0 Å². The minimum absolute atomic E-state index is 0.116. The molecule has 0 aliphatic rings. The molecule has 0 saturated carbocycles. The third kappa shape index (κ3) is 1.47. The van der Waals surface area contributed by atoms with Gasteiger partial charge in [-0.3, -0.25) is 5.73 Å². The number of rotatable bonds is 2. The third-order valence-corrected chi connectivity index (χ3v) is 1.91. The fourth-order valence-corrected chi connectivity index (χ4v) is 1.24. The number of benzene rings is 1. The second kappa shape index (κ2) is 3.51. The van der Waals surface area contributed by atoms with Crippen molar-refractivity contribution in [3.63, 3.8) is 0 Å². The van der Waals surface area contributed by atoms with Crippen LogP contribution >= 0.6 is 0 Å². The maximum atomic E-state index is 11.3. The summed E-state index contributed by atoms with van der Waals surface area (Å²) in [7, 11) is 0. The smallest absolute Gasteiger partial charge is 0.339 e. The summed E-state index contributed by atoms with van der Waals surface area (Å²) in [6, 6.07) is 6.93. The molecule has 14 heavy (non-hydrogen) atoms. The summed E-state index contributed by atoms with van der Waals surface area (Å²) in [5, 5.41) is 0.953. The van der Waals surface area contributed by atoms with E-state index in [-0.39, 0.29) is 6.73 Å². The molecule has 0 radical (unpaired) electrons. The van der Waals surface area contributed by atoms with Crippen molar-refractivity contribution in [1.29, 1.82) is 0 Å². The van der Waals surface area contributed by atoms with Crippen molar-refractivity contribution in [2.24, 2.45) is 5.73 Å². The molecule has 0 aliphatic carbocycles. The standard InChI is InChI=1S/C10H9NO3/c11-6-14-10(12)8-2-1-7-3-4-13-9(7)5-8/h1-5H,6,11H2. The van der Waals surface area contributed by atoms with Crippen LogP contribution in [0, 0.1) is 0 Å². The molecule has 1 aromatic carbocycles. The topological polar surface area (TPSA) is 65.5 Å². The highest BCUT2D eigenvalue weighted by Crippen LogP contribution is 2.17. The summed E-state index contributed by atoms with van der Waals surface area (Å²) in [4.78, 5) is 11.3. The van der Waals surface area contributed by atoms with Crippen molar-refractivity contribution in [2.75, 3.05) is 6.73 Å². The summed E-state index contributed by atoms with van der Waals surface area (Å²) in [6.07, 6.45) is 1.57. The maximum absolute atomic E-state index is 11.3. The predicted octanol–water partition coefficient (Wildman–Crippen LogP) is 1.51. The summed E-state index contributed by atoms with van der Waals surface area (Å²) in [5.41, 5.74) is 6.20. The van der Waals surface area contributed by atoms with E-state index < -0.39 is 5.97 Å². The molecule has 0 unspecified atom stereocenters. The van der Waals surface area contributed by atoms with Crippen LogP contribution in [0.5, 0.6) is 0 Å². The van der Waals surface area contributed by atoms with Crippen LogP contribution in [0.25, 0.3) is 11.0 Å². The summed E-state index contributed by atoms with van der Waals surface area (Å²) in [5.74, 6) is -0.439. The molecule has 2 rings (SSSR count). The molecular formula is C10H9NO3. The van der Waals surface area contributed by atoms with Crippen LogP contribution in [0.2, 0.25) is 0 Å². The van der Waals surface area contributed by atoms with E-state index in [2.05, 4.69) is 4.74 Å². The Morgan fingerprint density at radius 2 is 2.29 bits per heavy atom. The Labute approximate surface area is 80.3 Å². The molecule has 2 aromatic rings. The number of hydrogen-bond acceptors (Lipinski definition) is 4.